The first kappa shape index (κ1) is 17.9. The minimum Gasteiger partial charge on any atom is -0.392 e. The van der Waals surface area contributed by atoms with Crippen molar-refractivity contribution in [2.75, 3.05) is 31.1 Å². The number of anilines is 1. The van der Waals surface area contributed by atoms with Crippen molar-refractivity contribution in [3.8, 4) is 11.3 Å². The fourth-order valence-electron chi connectivity index (χ4n) is 3.47. The van der Waals surface area contributed by atoms with Gasteiger partial charge in [0.25, 0.3) is 0 Å². The molecular weight excluding hydrogens is 342 g/mol. The van der Waals surface area contributed by atoms with Crippen molar-refractivity contribution in [2.24, 2.45) is 0 Å². The molecule has 0 spiro atoms. The molecule has 3 N–H and O–H groups in total. The number of aliphatic hydroxyl groups is 2. The molecule has 0 radical (unpaired) electrons. The summed E-state index contributed by atoms with van der Waals surface area (Å²) >= 11 is 0. The first-order valence-electron chi connectivity index (χ1n) is 9.43. The van der Waals surface area contributed by atoms with Crippen LogP contribution >= 0.6 is 0 Å². The van der Waals surface area contributed by atoms with Gasteiger partial charge in [-0.15, -0.1) is 0 Å². The molecule has 3 aromatic rings. The molecule has 2 atom stereocenters. The maximum absolute atomic E-state index is 9.78. The molecule has 0 saturated carbocycles. The van der Waals surface area contributed by atoms with E-state index < -0.39 is 0 Å². The van der Waals surface area contributed by atoms with Crippen LogP contribution in [0.4, 0.5) is 5.82 Å². The number of nitrogens with zero attached hydrogens (tertiary/aromatic N) is 4. The lowest BCUT2D eigenvalue weighted by molar-refractivity contribution is 0.196. The van der Waals surface area contributed by atoms with Gasteiger partial charge >= 0.3 is 0 Å². The summed E-state index contributed by atoms with van der Waals surface area (Å²) in [6.45, 7) is 3.27. The van der Waals surface area contributed by atoms with Crippen LogP contribution in [0.15, 0.2) is 48.7 Å². The summed E-state index contributed by atoms with van der Waals surface area (Å²) in [5, 5.41) is 25.8. The van der Waals surface area contributed by atoms with Gasteiger partial charge in [-0.25, -0.2) is 4.98 Å². The van der Waals surface area contributed by atoms with E-state index in [4.69, 9.17) is 5.11 Å². The van der Waals surface area contributed by atoms with Crippen molar-refractivity contribution >= 4 is 11.5 Å². The second kappa shape index (κ2) is 8.04. The zero-order valence-corrected chi connectivity index (χ0v) is 15.2. The first-order valence-corrected chi connectivity index (χ1v) is 9.43. The highest BCUT2D eigenvalue weighted by Gasteiger charge is 2.23. The van der Waals surface area contributed by atoms with Gasteiger partial charge in [0, 0.05) is 37.3 Å². The van der Waals surface area contributed by atoms with Crippen LogP contribution in [-0.2, 0) is 0 Å². The van der Waals surface area contributed by atoms with E-state index in [0.717, 1.165) is 55.2 Å². The summed E-state index contributed by atoms with van der Waals surface area (Å²) in [5.41, 5.74) is 2.84. The molecule has 0 bridgehead atoms. The Labute approximate surface area is 158 Å². The molecule has 5 rings (SSSR count). The summed E-state index contributed by atoms with van der Waals surface area (Å²) in [5.74, 6) is 0.986. The van der Waals surface area contributed by atoms with Gasteiger partial charge in [0.1, 0.15) is 5.82 Å². The Hall–Kier alpha value is -2.48. The van der Waals surface area contributed by atoms with Crippen LogP contribution in [0.5, 0.6) is 0 Å². The predicted octanol–water partition coefficient (Wildman–Crippen LogP) is 1.31. The molecule has 7 heteroatoms. The Morgan fingerprint density at radius 1 is 1.04 bits per heavy atom. The lowest BCUT2D eigenvalue weighted by atomic mass is 10.1. The number of aromatic nitrogens is 3. The van der Waals surface area contributed by atoms with E-state index in [-0.39, 0.29) is 12.2 Å². The third-order valence-electron chi connectivity index (χ3n) is 4.93. The number of rotatable bonds is 2. The van der Waals surface area contributed by atoms with Gasteiger partial charge in [-0.3, -0.25) is 0 Å². The van der Waals surface area contributed by atoms with Gasteiger partial charge in [-0.1, -0.05) is 30.3 Å². The van der Waals surface area contributed by atoms with Crippen molar-refractivity contribution in [3.63, 3.8) is 0 Å². The second-order valence-electron chi connectivity index (χ2n) is 7.00. The lowest BCUT2D eigenvalue weighted by Gasteiger charge is -2.19. The molecule has 27 heavy (non-hydrogen) atoms. The normalized spacial score (nSPS) is 22.1. The summed E-state index contributed by atoms with van der Waals surface area (Å²) in [6, 6.07) is 14.1. The smallest absolute Gasteiger partial charge is 0.157 e. The van der Waals surface area contributed by atoms with Crippen LogP contribution in [0.3, 0.4) is 0 Å². The number of β-amino-alcohol motifs (C(OH)–C–C–N with tert-alkyl or cyclic N) is 2. The first-order chi connectivity index (χ1) is 13.2. The van der Waals surface area contributed by atoms with Gasteiger partial charge in [-0.2, -0.15) is 9.61 Å². The second-order valence-corrected chi connectivity index (χ2v) is 7.00. The standard InChI is InChI=1S/C16H16N4O.C4H9NO/c21-13-7-9-19(11-13)16-10-14(12-4-2-1-3-5-12)18-15-6-8-17-20(15)16;6-4-1-2-5-3-4/h1-6,8,10,13,21H,7,9,11H2;4-6H,1-3H2/t13-;4-/m00/s1. The van der Waals surface area contributed by atoms with Crippen molar-refractivity contribution in [1.29, 1.82) is 0 Å². The van der Waals surface area contributed by atoms with E-state index in [1.54, 1.807) is 6.20 Å². The molecular formula is C20H25N5O2. The monoisotopic (exact) mass is 367 g/mol. The SMILES string of the molecule is O[C@H]1CCN(c2cc(-c3ccccc3)nc3ccnn23)C1.O[C@H]1CCNC1. The minimum absolute atomic E-state index is 0.0648. The van der Waals surface area contributed by atoms with Crippen LogP contribution in [0.25, 0.3) is 16.9 Å². The summed E-state index contributed by atoms with van der Waals surface area (Å²) in [6.07, 6.45) is 3.16. The predicted molar refractivity (Wildman–Crippen MR) is 105 cm³/mol. The van der Waals surface area contributed by atoms with Gasteiger partial charge in [-0.05, 0) is 19.4 Å². The maximum Gasteiger partial charge on any atom is 0.157 e. The number of fused-ring (bicyclic) bond motifs is 1. The van der Waals surface area contributed by atoms with Crippen LogP contribution < -0.4 is 10.2 Å². The fraction of sp³-hybridized carbons (Fsp3) is 0.400. The number of benzene rings is 1. The zero-order chi connectivity index (χ0) is 18.6. The Morgan fingerprint density at radius 3 is 2.52 bits per heavy atom. The Bertz CT molecular complexity index is 876. The highest BCUT2D eigenvalue weighted by Crippen LogP contribution is 2.26. The van der Waals surface area contributed by atoms with Crippen molar-refractivity contribution < 1.29 is 10.2 Å². The molecule has 2 fully saturated rings. The van der Waals surface area contributed by atoms with Crippen molar-refractivity contribution in [3.05, 3.63) is 48.7 Å². The van der Waals surface area contributed by atoms with Gasteiger partial charge in [0.2, 0.25) is 0 Å². The Morgan fingerprint density at radius 2 is 1.89 bits per heavy atom. The third kappa shape index (κ3) is 4.10. The van der Waals surface area contributed by atoms with E-state index in [9.17, 15) is 5.11 Å². The average Bonchev–Trinajstić information content (AvgIpc) is 3.44. The van der Waals surface area contributed by atoms with E-state index >= 15 is 0 Å². The fourth-order valence-corrected chi connectivity index (χ4v) is 3.47. The van der Waals surface area contributed by atoms with E-state index in [0.29, 0.717) is 6.54 Å². The molecule has 142 valence electrons. The molecule has 2 saturated heterocycles. The van der Waals surface area contributed by atoms with E-state index in [1.807, 2.05) is 34.8 Å². The summed E-state index contributed by atoms with van der Waals surface area (Å²) in [4.78, 5) is 6.83. The van der Waals surface area contributed by atoms with Crippen LogP contribution in [0.2, 0.25) is 0 Å². The molecule has 0 unspecified atom stereocenters. The van der Waals surface area contributed by atoms with Crippen LogP contribution in [-0.4, -0.2) is 63.2 Å². The lowest BCUT2D eigenvalue weighted by Crippen LogP contribution is -2.24. The van der Waals surface area contributed by atoms with Gasteiger partial charge in [0.05, 0.1) is 24.1 Å². The molecule has 1 aromatic carbocycles. The van der Waals surface area contributed by atoms with Gasteiger partial charge < -0.3 is 20.4 Å². The average molecular weight is 367 g/mol. The molecule has 2 aromatic heterocycles. The van der Waals surface area contributed by atoms with Crippen molar-refractivity contribution in [2.45, 2.75) is 25.0 Å². The molecule has 0 amide bonds. The molecule has 0 aliphatic carbocycles. The number of aliphatic hydroxyl groups excluding tert-OH is 2. The highest BCUT2D eigenvalue weighted by atomic mass is 16.3. The third-order valence-corrected chi connectivity index (χ3v) is 4.93. The zero-order valence-electron chi connectivity index (χ0n) is 15.2. The van der Waals surface area contributed by atoms with Crippen LogP contribution in [0, 0.1) is 0 Å². The number of hydrogen-bond acceptors (Lipinski definition) is 6. The number of nitrogens with one attached hydrogen (secondary N) is 1. The molecule has 7 nitrogen and oxygen atoms in total. The van der Waals surface area contributed by atoms with Crippen molar-refractivity contribution in [1.82, 2.24) is 19.9 Å². The highest BCUT2D eigenvalue weighted by molar-refractivity contribution is 5.67. The quantitative estimate of drug-likeness (QED) is 0.633. The largest absolute Gasteiger partial charge is 0.392 e. The van der Waals surface area contributed by atoms with Gasteiger partial charge in [0.15, 0.2) is 5.65 Å². The summed E-state index contributed by atoms with van der Waals surface area (Å²) in [7, 11) is 0. The summed E-state index contributed by atoms with van der Waals surface area (Å²) < 4.78 is 1.84. The number of hydrogen-bond donors (Lipinski definition) is 3. The molecule has 2 aliphatic heterocycles. The Balaban J connectivity index is 0.000000257. The molecule has 2 aliphatic rings. The minimum atomic E-state index is -0.260. The molecule has 4 heterocycles. The van der Waals surface area contributed by atoms with Crippen LogP contribution in [0.1, 0.15) is 12.8 Å². The van der Waals surface area contributed by atoms with E-state index in [2.05, 4.69) is 32.4 Å². The van der Waals surface area contributed by atoms with E-state index in [1.165, 1.54) is 0 Å². The maximum atomic E-state index is 9.78. The topological polar surface area (TPSA) is 85.9 Å². The Kier molecular flexibility index (Phi) is 5.33.